The topological polar surface area (TPSA) is 51.4 Å². The fourth-order valence-electron chi connectivity index (χ4n) is 3.03. The Labute approximate surface area is 142 Å². The predicted octanol–water partition coefficient (Wildman–Crippen LogP) is 4.48. The molecule has 2 heterocycles. The molecule has 0 saturated heterocycles. The first-order valence-corrected chi connectivity index (χ1v) is 9.23. The van der Waals surface area contributed by atoms with E-state index in [0.29, 0.717) is 5.13 Å². The highest BCUT2D eigenvalue weighted by atomic mass is 32.1. The number of nitrogens with two attached hydrogens (primary N) is 1. The third kappa shape index (κ3) is 3.29. The van der Waals surface area contributed by atoms with Gasteiger partial charge in [-0.1, -0.05) is 20.3 Å². The number of hydrogen-bond acceptors (Lipinski definition) is 5. The first-order valence-electron chi connectivity index (χ1n) is 8.41. The van der Waals surface area contributed by atoms with Gasteiger partial charge in [0, 0.05) is 17.0 Å². The van der Waals surface area contributed by atoms with Crippen molar-refractivity contribution in [1.82, 2.24) is 4.98 Å². The second kappa shape index (κ2) is 6.79. The molecule has 0 amide bonds. The van der Waals surface area contributed by atoms with Crippen LogP contribution in [0, 0.1) is 6.92 Å². The van der Waals surface area contributed by atoms with Crippen molar-refractivity contribution in [1.29, 1.82) is 0 Å². The molecule has 1 aromatic carbocycles. The smallest absolute Gasteiger partial charge is 0.180 e. The lowest BCUT2D eigenvalue weighted by Gasteiger charge is -2.36. The van der Waals surface area contributed by atoms with Crippen molar-refractivity contribution in [3.8, 4) is 17.0 Å². The normalized spacial score (nSPS) is 17.0. The molecule has 2 N–H and O–H groups in total. The molecule has 23 heavy (non-hydrogen) atoms. The molecule has 0 radical (unpaired) electrons. The molecular weight excluding hydrogens is 306 g/mol. The van der Waals surface area contributed by atoms with Gasteiger partial charge in [0.15, 0.2) is 5.13 Å². The molecule has 0 bridgehead atoms. The number of nitrogen functional groups attached to an aromatic ring is 1. The van der Waals surface area contributed by atoms with Crippen LogP contribution in [0.15, 0.2) is 18.2 Å². The summed E-state index contributed by atoms with van der Waals surface area (Å²) in [4.78, 5) is 8.11. The van der Waals surface area contributed by atoms with Crippen LogP contribution < -0.4 is 15.4 Å². The van der Waals surface area contributed by atoms with Crippen molar-refractivity contribution in [3.63, 3.8) is 0 Å². The third-order valence-electron chi connectivity index (χ3n) is 4.34. The van der Waals surface area contributed by atoms with E-state index in [2.05, 4.69) is 48.9 Å². The van der Waals surface area contributed by atoms with E-state index in [1.165, 1.54) is 18.5 Å². The Morgan fingerprint density at radius 3 is 2.87 bits per heavy atom. The van der Waals surface area contributed by atoms with Gasteiger partial charge in [0.05, 0.1) is 17.9 Å². The van der Waals surface area contributed by atoms with Gasteiger partial charge >= 0.3 is 0 Å². The maximum Gasteiger partial charge on any atom is 0.180 e. The van der Waals surface area contributed by atoms with E-state index in [0.717, 1.165) is 41.4 Å². The summed E-state index contributed by atoms with van der Waals surface area (Å²) < 4.78 is 6.13. The molecule has 3 rings (SSSR count). The molecule has 0 aliphatic carbocycles. The minimum Gasteiger partial charge on any atom is -0.486 e. The number of aromatic nitrogens is 1. The number of thiazole rings is 1. The molecule has 2 aromatic rings. The Morgan fingerprint density at radius 1 is 1.39 bits per heavy atom. The fraction of sp³-hybridized carbons (Fsp3) is 0.500. The van der Waals surface area contributed by atoms with Gasteiger partial charge in [0.25, 0.3) is 0 Å². The second-order valence-electron chi connectivity index (χ2n) is 6.09. The van der Waals surface area contributed by atoms with E-state index in [-0.39, 0.29) is 6.10 Å². The van der Waals surface area contributed by atoms with Gasteiger partial charge in [-0.05, 0) is 38.0 Å². The molecule has 0 spiro atoms. The Hall–Kier alpha value is -1.75. The maximum atomic E-state index is 6.13. The molecular formula is C18H25N3OS. The Balaban J connectivity index is 1.97. The number of rotatable bonds is 5. The summed E-state index contributed by atoms with van der Waals surface area (Å²) in [6.07, 6.45) is 3.71. The van der Waals surface area contributed by atoms with Gasteiger partial charge < -0.3 is 15.4 Å². The van der Waals surface area contributed by atoms with Crippen LogP contribution in [-0.4, -0.2) is 24.2 Å². The summed E-state index contributed by atoms with van der Waals surface area (Å²) in [6.45, 7) is 8.53. The first-order chi connectivity index (χ1) is 11.1. The van der Waals surface area contributed by atoms with Crippen molar-refractivity contribution in [2.45, 2.75) is 46.1 Å². The molecule has 1 aliphatic rings. The van der Waals surface area contributed by atoms with E-state index < -0.39 is 0 Å². The highest BCUT2D eigenvalue weighted by Crippen LogP contribution is 2.39. The average molecular weight is 331 g/mol. The molecule has 0 saturated carbocycles. The average Bonchev–Trinajstić information content (AvgIpc) is 2.90. The molecule has 4 nitrogen and oxygen atoms in total. The van der Waals surface area contributed by atoms with Crippen LogP contribution in [0.1, 0.15) is 38.0 Å². The second-order valence-corrected chi connectivity index (χ2v) is 7.32. The van der Waals surface area contributed by atoms with Crippen LogP contribution in [-0.2, 0) is 0 Å². The number of fused-ring (bicyclic) bond motifs is 1. The quantitative estimate of drug-likeness (QED) is 0.878. The molecule has 1 unspecified atom stereocenters. The van der Waals surface area contributed by atoms with Gasteiger partial charge in [-0.15, -0.1) is 11.3 Å². The number of anilines is 2. The summed E-state index contributed by atoms with van der Waals surface area (Å²) in [7, 11) is 0. The SMILES string of the molecule is CCCCN1CC(CC)Oc2ccc(-c3nc(N)sc3C)cc21. The molecule has 5 heteroatoms. The highest BCUT2D eigenvalue weighted by Gasteiger charge is 2.25. The molecule has 1 aromatic heterocycles. The number of aryl methyl sites for hydroxylation is 1. The van der Waals surface area contributed by atoms with E-state index in [1.807, 2.05) is 0 Å². The van der Waals surface area contributed by atoms with Crippen molar-refractivity contribution in [2.24, 2.45) is 0 Å². The van der Waals surface area contributed by atoms with Crippen LogP contribution in [0.2, 0.25) is 0 Å². The zero-order valence-electron chi connectivity index (χ0n) is 14.1. The lowest BCUT2D eigenvalue weighted by Crippen LogP contribution is -2.40. The van der Waals surface area contributed by atoms with Gasteiger partial charge in [-0.3, -0.25) is 0 Å². The number of nitrogens with zero attached hydrogens (tertiary/aromatic N) is 2. The summed E-state index contributed by atoms with van der Waals surface area (Å²) in [5.74, 6) is 0.990. The van der Waals surface area contributed by atoms with Crippen LogP contribution in [0.25, 0.3) is 11.3 Å². The lowest BCUT2D eigenvalue weighted by molar-refractivity contribution is 0.189. The zero-order valence-corrected chi connectivity index (χ0v) is 14.9. The number of benzene rings is 1. The number of unbranched alkanes of at least 4 members (excludes halogenated alkanes) is 1. The summed E-state index contributed by atoms with van der Waals surface area (Å²) in [5, 5.41) is 0.625. The Kier molecular flexibility index (Phi) is 4.76. The van der Waals surface area contributed by atoms with Gasteiger partial charge in [0.1, 0.15) is 11.9 Å². The molecule has 1 aliphatic heterocycles. The zero-order chi connectivity index (χ0) is 16.4. The molecule has 1 atom stereocenters. The summed E-state index contributed by atoms with van der Waals surface area (Å²) in [6, 6.07) is 6.38. The van der Waals surface area contributed by atoms with Crippen LogP contribution in [0.3, 0.4) is 0 Å². The fourth-order valence-corrected chi connectivity index (χ4v) is 3.74. The standard InChI is InChI=1S/C18H25N3OS/c1-4-6-9-21-11-14(5-2)22-16-8-7-13(10-15(16)21)17-12(3)23-18(19)20-17/h7-8,10,14H,4-6,9,11H2,1-3H3,(H2,19,20). The Bertz CT molecular complexity index is 683. The van der Waals surface area contributed by atoms with E-state index in [1.54, 1.807) is 11.3 Å². The summed E-state index contributed by atoms with van der Waals surface area (Å²) in [5.41, 5.74) is 9.15. The molecule has 0 fully saturated rings. The number of hydrogen-bond donors (Lipinski definition) is 1. The van der Waals surface area contributed by atoms with Crippen molar-refractivity contribution in [3.05, 3.63) is 23.1 Å². The van der Waals surface area contributed by atoms with Crippen molar-refractivity contribution in [2.75, 3.05) is 23.7 Å². The van der Waals surface area contributed by atoms with Gasteiger partial charge in [-0.25, -0.2) is 4.98 Å². The lowest BCUT2D eigenvalue weighted by atomic mass is 10.1. The largest absolute Gasteiger partial charge is 0.486 e. The minimum atomic E-state index is 0.279. The van der Waals surface area contributed by atoms with Crippen LogP contribution in [0.4, 0.5) is 10.8 Å². The van der Waals surface area contributed by atoms with E-state index in [4.69, 9.17) is 10.5 Å². The highest BCUT2D eigenvalue weighted by molar-refractivity contribution is 7.15. The van der Waals surface area contributed by atoms with Crippen LogP contribution in [0.5, 0.6) is 5.75 Å². The molecule has 124 valence electrons. The monoisotopic (exact) mass is 331 g/mol. The predicted molar refractivity (Wildman–Crippen MR) is 98.5 cm³/mol. The number of ether oxygens (including phenoxy) is 1. The maximum absolute atomic E-state index is 6.13. The van der Waals surface area contributed by atoms with Crippen molar-refractivity contribution < 1.29 is 4.74 Å². The van der Waals surface area contributed by atoms with Gasteiger partial charge in [0.2, 0.25) is 0 Å². The minimum absolute atomic E-state index is 0.279. The van der Waals surface area contributed by atoms with Crippen LogP contribution >= 0.6 is 11.3 Å². The third-order valence-corrected chi connectivity index (χ3v) is 5.14. The Morgan fingerprint density at radius 2 is 2.22 bits per heavy atom. The summed E-state index contributed by atoms with van der Waals surface area (Å²) >= 11 is 1.54. The van der Waals surface area contributed by atoms with Crippen molar-refractivity contribution >= 4 is 22.2 Å². The van der Waals surface area contributed by atoms with Gasteiger partial charge in [-0.2, -0.15) is 0 Å². The van der Waals surface area contributed by atoms with E-state index in [9.17, 15) is 0 Å². The van der Waals surface area contributed by atoms with E-state index >= 15 is 0 Å². The first kappa shape index (κ1) is 16.1.